The number of hydrogen-bond acceptors (Lipinski definition) is 5. The molecule has 3 aliphatic rings. The Labute approximate surface area is 191 Å². The predicted molar refractivity (Wildman–Crippen MR) is 121 cm³/mol. The van der Waals surface area contributed by atoms with Crippen LogP contribution >= 0.6 is 0 Å². The Bertz CT molecular complexity index is 1200. The second-order valence-electron chi connectivity index (χ2n) is 9.02. The van der Waals surface area contributed by atoms with Crippen LogP contribution < -0.4 is 10.2 Å². The van der Waals surface area contributed by atoms with E-state index in [0.717, 1.165) is 12.0 Å². The molecule has 1 aliphatic heterocycles. The number of hydrogen-bond donors (Lipinski definition) is 1. The van der Waals surface area contributed by atoms with Crippen LogP contribution in [0.15, 0.2) is 60.2 Å². The maximum Gasteiger partial charge on any atom is 0.338 e. The van der Waals surface area contributed by atoms with Crippen molar-refractivity contribution in [3.8, 4) is 0 Å². The average molecular weight is 444 g/mol. The van der Waals surface area contributed by atoms with Crippen molar-refractivity contribution in [3.05, 3.63) is 71.3 Å². The number of nitrogens with zero attached hydrogens (tertiary/aromatic N) is 1. The summed E-state index contributed by atoms with van der Waals surface area (Å²) in [4.78, 5) is 52.1. The summed E-state index contributed by atoms with van der Waals surface area (Å²) < 4.78 is 5.14. The predicted octanol–water partition coefficient (Wildman–Crippen LogP) is 3.49. The first-order valence-corrected chi connectivity index (χ1v) is 11.0. The summed E-state index contributed by atoms with van der Waals surface area (Å²) >= 11 is 0. The first kappa shape index (κ1) is 21.1. The highest BCUT2D eigenvalue weighted by Crippen LogP contribution is 2.55. The molecule has 0 aromatic heterocycles. The summed E-state index contributed by atoms with van der Waals surface area (Å²) in [6, 6.07) is 13.5. The van der Waals surface area contributed by atoms with Crippen molar-refractivity contribution in [1.29, 1.82) is 0 Å². The number of allylic oxidation sites excluding steroid dienone is 2. The first-order chi connectivity index (χ1) is 15.8. The molecule has 2 aliphatic carbocycles. The van der Waals surface area contributed by atoms with Crippen LogP contribution in [0.3, 0.4) is 0 Å². The summed E-state index contributed by atoms with van der Waals surface area (Å²) in [6.45, 7) is 3.52. The van der Waals surface area contributed by atoms with Crippen molar-refractivity contribution in [3.63, 3.8) is 0 Å². The Morgan fingerprint density at radius 1 is 1.03 bits per heavy atom. The SMILES string of the molecule is CC1=C[C@H]2C[C@H]1[C@@H]1C(=O)N(c3cccc(C(=O)OCC(=O)Nc4ccc(C)cc4)c3)C(=O)[C@H]12. The number of carbonyl (C=O) groups is 4. The number of imide groups is 1. The van der Waals surface area contributed by atoms with Gasteiger partial charge in [0.2, 0.25) is 11.8 Å². The highest BCUT2D eigenvalue weighted by Gasteiger charge is 2.60. The zero-order chi connectivity index (χ0) is 23.3. The van der Waals surface area contributed by atoms with E-state index in [-0.39, 0.29) is 41.0 Å². The maximum absolute atomic E-state index is 13.1. The van der Waals surface area contributed by atoms with E-state index < -0.39 is 18.5 Å². The van der Waals surface area contributed by atoms with Gasteiger partial charge in [-0.05, 0) is 62.4 Å². The number of anilines is 2. The summed E-state index contributed by atoms with van der Waals surface area (Å²) in [5.74, 6) is -1.95. The van der Waals surface area contributed by atoms with E-state index in [1.807, 2.05) is 26.0 Å². The Balaban J connectivity index is 1.25. The highest BCUT2D eigenvalue weighted by molar-refractivity contribution is 6.23. The van der Waals surface area contributed by atoms with Crippen molar-refractivity contribution in [2.24, 2.45) is 23.7 Å². The Kier molecular flexibility index (Phi) is 5.12. The molecule has 5 rings (SSSR count). The number of ether oxygens (including phenoxy) is 1. The summed E-state index contributed by atoms with van der Waals surface area (Å²) in [5.41, 5.74) is 3.39. The molecule has 1 heterocycles. The fourth-order valence-electron chi connectivity index (χ4n) is 5.35. The molecule has 0 unspecified atom stereocenters. The molecule has 168 valence electrons. The number of benzene rings is 2. The van der Waals surface area contributed by atoms with Gasteiger partial charge in [0.05, 0.1) is 23.1 Å². The number of amides is 3. The van der Waals surface area contributed by atoms with Crippen LogP contribution in [0.1, 0.15) is 29.3 Å². The minimum Gasteiger partial charge on any atom is -0.452 e. The number of nitrogens with one attached hydrogen (secondary N) is 1. The lowest BCUT2D eigenvalue weighted by Gasteiger charge is -2.19. The minimum absolute atomic E-state index is 0.113. The summed E-state index contributed by atoms with van der Waals surface area (Å²) in [5, 5.41) is 2.67. The zero-order valence-electron chi connectivity index (χ0n) is 18.4. The third kappa shape index (κ3) is 3.63. The molecule has 2 fully saturated rings. The van der Waals surface area contributed by atoms with Gasteiger partial charge in [0.25, 0.3) is 5.91 Å². The molecule has 7 heteroatoms. The number of carbonyl (C=O) groups excluding carboxylic acids is 4. The van der Waals surface area contributed by atoms with Crippen LogP contribution in [0.25, 0.3) is 0 Å². The standard InChI is InChI=1S/C26H24N2O5/c1-14-6-8-18(9-7-14)27-21(29)13-33-26(32)16-4-3-5-19(11-16)28-24(30)22-17-10-15(2)20(12-17)23(22)25(28)31/h3-11,17,20,22-23H,12-13H2,1-2H3,(H,27,29)/t17-,20+,22-,23-/m0/s1. The van der Waals surface area contributed by atoms with Gasteiger partial charge < -0.3 is 10.1 Å². The summed E-state index contributed by atoms with van der Waals surface area (Å²) in [7, 11) is 0. The van der Waals surface area contributed by atoms with Gasteiger partial charge in [-0.2, -0.15) is 0 Å². The third-order valence-corrected chi connectivity index (χ3v) is 6.89. The fourth-order valence-corrected chi connectivity index (χ4v) is 5.35. The molecule has 1 saturated heterocycles. The van der Waals surface area contributed by atoms with E-state index in [2.05, 4.69) is 11.4 Å². The van der Waals surface area contributed by atoms with Gasteiger partial charge in [0.1, 0.15) is 0 Å². The quantitative estimate of drug-likeness (QED) is 0.433. The van der Waals surface area contributed by atoms with Crippen LogP contribution in [0.4, 0.5) is 11.4 Å². The van der Waals surface area contributed by atoms with Gasteiger partial charge in [-0.25, -0.2) is 9.69 Å². The molecular formula is C26H24N2O5. The van der Waals surface area contributed by atoms with Gasteiger partial charge in [0.15, 0.2) is 6.61 Å². The van der Waals surface area contributed by atoms with E-state index in [1.165, 1.54) is 22.6 Å². The third-order valence-electron chi connectivity index (χ3n) is 6.89. The molecule has 1 N–H and O–H groups in total. The molecule has 2 aromatic carbocycles. The molecule has 2 bridgehead atoms. The second kappa shape index (κ2) is 7.99. The fraction of sp³-hybridized carbons (Fsp3) is 0.308. The molecule has 0 spiro atoms. The summed E-state index contributed by atoms with van der Waals surface area (Å²) in [6.07, 6.45) is 2.99. The van der Waals surface area contributed by atoms with E-state index in [1.54, 1.807) is 24.3 Å². The average Bonchev–Trinajstić information content (AvgIpc) is 3.44. The van der Waals surface area contributed by atoms with Crippen molar-refractivity contribution < 1.29 is 23.9 Å². The zero-order valence-corrected chi connectivity index (χ0v) is 18.4. The second-order valence-corrected chi connectivity index (χ2v) is 9.02. The van der Waals surface area contributed by atoms with Crippen LogP contribution in [0, 0.1) is 30.6 Å². The number of esters is 1. The first-order valence-electron chi connectivity index (χ1n) is 11.0. The Morgan fingerprint density at radius 3 is 2.52 bits per heavy atom. The Hall–Kier alpha value is -3.74. The molecule has 0 radical (unpaired) electrons. The van der Waals surface area contributed by atoms with E-state index in [4.69, 9.17) is 4.74 Å². The van der Waals surface area contributed by atoms with Crippen molar-refractivity contribution in [2.45, 2.75) is 20.3 Å². The lowest BCUT2D eigenvalue weighted by Crippen LogP contribution is -2.33. The molecule has 4 atom stereocenters. The van der Waals surface area contributed by atoms with Crippen molar-refractivity contribution >= 4 is 35.1 Å². The molecule has 3 amide bonds. The molecule has 33 heavy (non-hydrogen) atoms. The topological polar surface area (TPSA) is 92.8 Å². The van der Waals surface area contributed by atoms with E-state index in [0.29, 0.717) is 11.4 Å². The van der Waals surface area contributed by atoms with E-state index in [9.17, 15) is 19.2 Å². The highest BCUT2D eigenvalue weighted by atomic mass is 16.5. The van der Waals surface area contributed by atoms with Crippen LogP contribution in [0.2, 0.25) is 0 Å². The minimum atomic E-state index is -0.701. The van der Waals surface area contributed by atoms with Crippen molar-refractivity contribution in [2.75, 3.05) is 16.8 Å². The Morgan fingerprint density at radius 2 is 1.76 bits per heavy atom. The van der Waals surface area contributed by atoms with Crippen molar-refractivity contribution in [1.82, 2.24) is 0 Å². The van der Waals surface area contributed by atoms with Crippen LogP contribution in [-0.2, 0) is 19.1 Å². The largest absolute Gasteiger partial charge is 0.452 e. The number of fused-ring (bicyclic) bond motifs is 5. The van der Waals surface area contributed by atoms with Gasteiger partial charge in [-0.15, -0.1) is 0 Å². The molecule has 2 aromatic rings. The molecule has 1 saturated carbocycles. The smallest absolute Gasteiger partial charge is 0.338 e. The van der Waals surface area contributed by atoms with Gasteiger partial charge in [-0.1, -0.05) is 35.4 Å². The van der Waals surface area contributed by atoms with Gasteiger partial charge >= 0.3 is 5.97 Å². The maximum atomic E-state index is 13.1. The lowest BCUT2D eigenvalue weighted by atomic mass is 9.82. The van der Waals surface area contributed by atoms with E-state index >= 15 is 0 Å². The molecule has 7 nitrogen and oxygen atoms in total. The number of rotatable bonds is 5. The van der Waals surface area contributed by atoms with Crippen LogP contribution in [-0.4, -0.2) is 30.3 Å². The monoisotopic (exact) mass is 444 g/mol. The van der Waals surface area contributed by atoms with Gasteiger partial charge in [-0.3, -0.25) is 14.4 Å². The van der Waals surface area contributed by atoms with Gasteiger partial charge in [0, 0.05) is 5.69 Å². The number of aryl methyl sites for hydroxylation is 1. The normalized spacial score (nSPS) is 25.2. The molecular weight excluding hydrogens is 420 g/mol. The van der Waals surface area contributed by atoms with Crippen LogP contribution in [0.5, 0.6) is 0 Å². The lowest BCUT2D eigenvalue weighted by molar-refractivity contribution is -0.123.